The van der Waals surface area contributed by atoms with Gasteiger partial charge in [0.1, 0.15) is 0 Å². The number of para-hydroxylation sites is 1. The van der Waals surface area contributed by atoms with E-state index in [9.17, 15) is 9.90 Å². The van der Waals surface area contributed by atoms with E-state index in [1.165, 1.54) is 5.56 Å². The zero-order valence-electron chi connectivity index (χ0n) is 20.3. The molecule has 0 fully saturated rings. The maximum Gasteiger partial charge on any atom is 0.281 e. The van der Waals surface area contributed by atoms with Gasteiger partial charge in [-0.25, -0.2) is 5.43 Å². The predicted molar refractivity (Wildman–Crippen MR) is 152 cm³/mol. The monoisotopic (exact) mass is 551 g/mol. The number of hydrogen-bond acceptors (Lipinski definition) is 3. The molecule has 1 aromatic heterocycles. The van der Waals surface area contributed by atoms with Gasteiger partial charge in [-0.2, -0.15) is 5.10 Å². The highest BCUT2D eigenvalue weighted by molar-refractivity contribution is 9.10. The number of amides is 1. The van der Waals surface area contributed by atoms with Crippen LogP contribution >= 0.6 is 15.9 Å². The first-order valence-corrected chi connectivity index (χ1v) is 12.8. The first-order valence-electron chi connectivity index (χ1n) is 12.0. The minimum atomic E-state index is -1.88. The third-order valence-corrected chi connectivity index (χ3v) is 7.13. The number of carbonyl (C=O) groups excluding carboxylic acids is 1. The van der Waals surface area contributed by atoms with Gasteiger partial charge in [0, 0.05) is 33.2 Å². The SMILES string of the molecule is Cc1c(/C=N\NC(=O)C(O)(c2ccccc2)c2ccccc2)c2ccccc2n1Cc1ccc(Br)cc1. The number of hydrazone groups is 1. The molecule has 37 heavy (non-hydrogen) atoms. The van der Waals surface area contributed by atoms with Crippen LogP contribution in [0.3, 0.4) is 0 Å². The summed E-state index contributed by atoms with van der Waals surface area (Å²) in [5, 5.41) is 17.0. The van der Waals surface area contributed by atoms with Crippen LogP contribution in [0, 0.1) is 6.92 Å². The second-order valence-electron chi connectivity index (χ2n) is 8.87. The van der Waals surface area contributed by atoms with Gasteiger partial charge in [-0.15, -0.1) is 0 Å². The van der Waals surface area contributed by atoms with Crippen LogP contribution in [-0.2, 0) is 16.9 Å². The second-order valence-corrected chi connectivity index (χ2v) is 9.79. The maximum absolute atomic E-state index is 13.4. The molecule has 0 aliphatic rings. The number of nitrogens with zero attached hydrogens (tertiary/aromatic N) is 2. The lowest BCUT2D eigenvalue weighted by Crippen LogP contribution is -2.43. The summed E-state index contributed by atoms with van der Waals surface area (Å²) in [6.07, 6.45) is 1.66. The highest BCUT2D eigenvalue weighted by Gasteiger charge is 2.39. The molecule has 0 bridgehead atoms. The number of aliphatic hydroxyl groups is 1. The smallest absolute Gasteiger partial charge is 0.281 e. The quantitative estimate of drug-likeness (QED) is 0.188. The molecule has 0 saturated heterocycles. The number of nitrogens with one attached hydrogen (secondary N) is 1. The Morgan fingerprint density at radius 1 is 0.892 bits per heavy atom. The van der Waals surface area contributed by atoms with Crippen LogP contribution in [0.25, 0.3) is 10.9 Å². The first-order chi connectivity index (χ1) is 18.0. The average Bonchev–Trinajstić information content (AvgIpc) is 3.20. The average molecular weight is 552 g/mol. The Labute approximate surface area is 224 Å². The Morgan fingerprint density at radius 3 is 2.08 bits per heavy atom. The van der Waals surface area contributed by atoms with Crippen molar-refractivity contribution in [1.29, 1.82) is 0 Å². The summed E-state index contributed by atoms with van der Waals surface area (Å²) in [4.78, 5) is 13.4. The van der Waals surface area contributed by atoms with Crippen LogP contribution in [0.1, 0.15) is 27.9 Å². The standard InChI is InChI=1S/C31H26BrN3O2/c1-22-28(27-14-8-9-15-29(27)35(22)21-23-16-18-26(32)19-17-23)20-33-34-30(36)31(37,24-10-4-2-5-11-24)25-12-6-3-7-13-25/h2-20,37H,21H2,1H3,(H,34,36)/b33-20-. The van der Waals surface area contributed by atoms with E-state index < -0.39 is 11.5 Å². The molecule has 2 N–H and O–H groups in total. The maximum atomic E-state index is 13.4. The highest BCUT2D eigenvalue weighted by atomic mass is 79.9. The van der Waals surface area contributed by atoms with Gasteiger partial charge >= 0.3 is 0 Å². The third-order valence-electron chi connectivity index (χ3n) is 6.61. The number of fused-ring (bicyclic) bond motifs is 1. The molecule has 1 heterocycles. The topological polar surface area (TPSA) is 66.6 Å². The van der Waals surface area contributed by atoms with Crippen molar-refractivity contribution in [3.63, 3.8) is 0 Å². The van der Waals surface area contributed by atoms with Gasteiger partial charge in [0.05, 0.1) is 6.21 Å². The first kappa shape index (κ1) is 24.7. The molecule has 0 spiro atoms. The van der Waals surface area contributed by atoms with Gasteiger partial charge in [-0.3, -0.25) is 4.79 Å². The molecule has 1 amide bonds. The van der Waals surface area contributed by atoms with Crippen LogP contribution in [0.5, 0.6) is 0 Å². The second kappa shape index (κ2) is 10.5. The molecule has 0 atom stereocenters. The molecule has 0 radical (unpaired) electrons. The van der Waals surface area contributed by atoms with E-state index in [0.717, 1.165) is 26.6 Å². The summed E-state index contributed by atoms with van der Waals surface area (Å²) in [6, 6.07) is 34.2. The number of benzene rings is 4. The molecule has 0 saturated carbocycles. The molecular formula is C31H26BrN3O2. The van der Waals surface area contributed by atoms with E-state index in [2.05, 4.69) is 49.2 Å². The predicted octanol–water partition coefficient (Wildman–Crippen LogP) is 6.15. The highest BCUT2D eigenvalue weighted by Crippen LogP contribution is 2.30. The fourth-order valence-electron chi connectivity index (χ4n) is 4.62. The van der Waals surface area contributed by atoms with E-state index in [4.69, 9.17) is 0 Å². The van der Waals surface area contributed by atoms with Crippen molar-refractivity contribution in [2.45, 2.75) is 19.1 Å². The third kappa shape index (κ3) is 4.86. The van der Waals surface area contributed by atoms with Crippen molar-refractivity contribution in [3.05, 3.63) is 142 Å². The van der Waals surface area contributed by atoms with Gasteiger partial charge in [-0.1, -0.05) is 107 Å². The Morgan fingerprint density at radius 2 is 1.46 bits per heavy atom. The summed E-state index contributed by atoms with van der Waals surface area (Å²) in [5.74, 6) is -0.627. The van der Waals surface area contributed by atoms with Gasteiger partial charge in [0.25, 0.3) is 5.91 Å². The molecule has 4 aromatic carbocycles. The summed E-state index contributed by atoms with van der Waals surface area (Å²) in [7, 11) is 0. The van der Waals surface area contributed by atoms with E-state index >= 15 is 0 Å². The zero-order chi connectivity index (χ0) is 25.8. The van der Waals surface area contributed by atoms with Crippen molar-refractivity contribution in [2.75, 3.05) is 0 Å². The van der Waals surface area contributed by atoms with Crippen molar-refractivity contribution >= 4 is 39.0 Å². The molecule has 5 aromatic rings. The number of carbonyl (C=O) groups is 1. The van der Waals surface area contributed by atoms with Crippen LogP contribution < -0.4 is 5.43 Å². The summed E-state index contributed by atoms with van der Waals surface area (Å²) in [6.45, 7) is 2.76. The van der Waals surface area contributed by atoms with Crippen LogP contribution in [0.15, 0.2) is 119 Å². The largest absolute Gasteiger partial charge is 0.372 e. The fourth-order valence-corrected chi connectivity index (χ4v) is 4.89. The Balaban J connectivity index is 1.46. The Kier molecular flexibility index (Phi) is 7.04. The van der Waals surface area contributed by atoms with Crippen molar-refractivity contribution < 1.29 is 9.90 Å². The molecule has 0 aliphatic heterocycles. The zero-order valence-corrected chi connectivity index (χ0v) is 21.9. The molecule has 184 valence electrons. The van der Waals surface area contributed by atoms with Gasteiger partial charge in [-0.05, 0) is 41.8 Å². The lowest BCUT2D eigenvalue weighted by molar-refractivity contribution is -0.136. The number of halogens is 1. The minimum absolute atomic E-state index is 0.469. The Bertz CT molecular complexity index is 1520. The lowest BCUT2D eigenvalue weighted by Gasteiger charge is -2.27. The normalized spacial score (nSPS) is 11.8. The molecule has 0 unspecified atom stereocenters. The summed E-state index contributed by atoms with van der Waals surface area (Å²) < 4.78 is 3.28. The van der Waals surface area contributed by atoms with Crippen LogP contribution in [0.2, 0.25) is 0 Å². The molecule has 5 nitrogen and oxygen atoms in total. The number of aromatic nitrogens is 1. The van der Waals surface area contributed by atoms with Gasteiger partial charge in [0.2, 0.25) is 0 Å². The fraction of sp³-hybridized carbons (Fsp3) is 0.0968. The molecular weight excluding hydrogens is 526 g/mol. The van der Waals surface area contributed by atoms with Crippen molar-refractivity contribution in [3.8, 4) is 0 Å². The van der Waals surface area contributed by atoms with E-state index in [1.807, 2.05) is 49.4 Å². The Hall–Kier alpha value is -4.00. The molecule has 6 heteroatoms. The number of hydrogen-bond donors (Lipinski definition) is 2. The van der Waals surface area contributed by atoms with E-state index in [-0.39, 0.29) is 0 Å². The van der Waals surface area contributed by atoms with Crippen molar-refractivity contribution in [2.24, 2.45) is 5.10 Å². The van der Waals surface area contributed by atoms with Crippen molar-refractivity contribution in [1.82, 2.24) is 9.99 Å². The molecule has 0 aliphatic carbocycles. The summed E-state index contributed by atoms with van der Waals surface area (Å²) in [5.41, 5.74) is 5.85. The van der Waals surface area contributed by atoms with E-state index in [0.29, 0.717) is 17.7 Å². The van der Waals surface area contributed by atoms with Gasteiger partial charge in [0.15, 0.2) is 5.60 Å². The van der Waals surface area contributed by atoms with Crippen LogP contribution in [0.4, 0.5) is 0 Å². The van der Waals surface area contributed by atoms with E-state index in [1.54, 1.807) is 54.7 Å². The van der Waals surface area contributed by atoms with Gasteiger partial charge < -0.3 is 9.67 Å². The lowest BCUT2D eigenvalue weighted by atomic mass is 9.85. The summed E-state index contributed by atoms with van der Waals surface area (Å²) >= 11 is 3.50. The minimum Gasteiger partial charge on any atom is -0.372 e. The molecule has 5 rings (SSSR count). The number of rotatable bonds is 7. The van der Waals surface area contributed by atoms with Crippen LogP contribution in [-0.4, -0.2) is 21.8 Å².